The number of nitrogens with zero attached hydrogens (tertiary/aromatic N) is 3. The van der Waals surface area contributed by atoms with Crippen LogP contribution in [0.15, 0.2) is 29.9 Å². The van der Waals surface area contributed by atoms with E-state index in [0.717, 1.165) is 38.9 Å². The Bertz CT molecular complexity index is 666. The van der Waals surface area contributed by atoms with Crippen LogP contribution in [0, 0.1) is 5.82 Å². The van der Waals surface area contributed by atoms with Crippen molar-refractivity contribution in [3.8, 4) is 0 Å². The number of hydrogen-bond donors (Lipinski definition) is 1. The predicted octanol–water partition coefficient (Wildman–Crippen LogP) is 2.91. The van der Waals surface area contributed by atoms with Crippen LogP contribution in [0.1, 0.15) is 24.1 Å². The molecule has 0 aliphatic carbocycles. The van der Waals surface area contributed by atoms with Gasteiger partial charge in [0.25, 0.3) is 0 Å². The lowest BCUT2D eigenvalue weighted by Crippen LogP contribution is -2.47. The van der Waals surface area contributed by atoms with Crippen LogP contribution in [0.4, 0.5) is 10.3 Å². The van der Waals surface area contributed by atoms with Crippen LogP contribution in [0.25, 0.3) is 0 Å². The van der Waals surface area contributed by atoms with Crippen LogP contribution in [0.2, 0.25) is 0 Å². The number of nitrogens with one attached hydrogen (secondary N) is 1. The molecule has 4 heterocycles. The molecule has 4 rings (SSSR count). The third-order valence-corrected chi connectivity index (χ3v) is 5.60. The Balaban J connectivity index is 1.36. The molecule has 0 amide bonds. The fraction of sp³-hybridized carbons (Fsp3) is 0.529. The first-order chi connectivity index (χ1) is 11.7. The highest BCUT2D eigenvalue weighted by Crippen LogP contribution is 2.36. The van der Waals surface area contributed by atoms with E-state index in [-0.39, 0.29) is 11.6 Å². The molecule has 2 aliphatic rings. The van der Waals surface area contributed by atoms with Crippen LogP contribution in [0.5, 0.6) is 0 Å². The van der Waals surface area contributed by atoms with Crippen molar-refractivity contribution in [2.45, 2.75) is 37.5 Å². The molecule has 0 aromatic carbocycles. The van der Waals surface area contributed by atoms with E-state index in [1.54, 1.807) is 0 Å². The smallest absolute Gasteiger partial charge is 0.223 e. The number of piperidine rings is 1. The third-order valence-electron chi connectivity index (χ3n) is 4.74. The molecule has 2 aromatic rings. The number of ether oxygens (including phenoxy) is 1. The fourth-order valence-electron chi connectivity index (χ4n) is 3.74. The number of hydrogen-bond acceptors (Lipinski definition) is 6. The Morgan fingerprint density at radius 3 is 3.08 bits per heavy atom. The quantitative estimate of drug-likeness (QED) is 0.921. The normalized spacial score (nSPS) is 27.6. The van der Waals surface area contributed by atoms with Gasteiger partial charge in [-0.2, -0.15) is 0 Å². The predicted molar refractivity (Wildman–Crippen MR) is 91.5 cm³/mol. The number of halogens is 1. The third kappa shape index (κ3) is 3.58. The first-order valence-electron chi connectivity index (χ1n) is 8.34. The van der Waals surface area contributed by atoms with E-state index in [0.29, 0.717) is 12.6 Å². The highest BCUT2D eigenvalue weighted by molar-refractivity contribution is 7.09. The van der Waals surface area contributed by atoms with E-state index in [2.05, 4.69) is 37.7 Å². The van der Waals surface area contributed by atoms with Gasteiger partial charge in [0.05, 0.1) is 30.6 Å². The lowest BCUT2D eigenvalue weighted by Gasteiger charge is -2.39. The average Bonchev–Trinajstić information content (AvgIpc) is 3.21. The molecule has 2 aromatic heterocycles. The van der Waals surface area contributed by atoms with Crippen molar-refractivity contribution in [2.24, 2.45) is 0 Å². The van der Waals surface area contributed by atoms with Crippen molar-refractivity contribution < 1.29 is 9.13 Å². The molecule has 1 spiro atoms. The molecule has 5 nitrogen and oxygen atoms in total. The zero-order valence-electron chi connectivity index (χ0n) is 13.4. The summed E-state index contributed by atoms with van der Waals surface area (Å²) >= 11 is 1.81. The maximum atomic E-state index is 12.9. The summed E-state index contributed by atoms with van der Waals surface area (Å²) in [4.78, 5) is 11.9. The summed E-state index contributed by atoms with van der Waals surface area (Å²) in [7, 11) is 0. The van der Waals surface area contributed by atoms with E-state index in [1.165, 1.54) is 17.3 Å². The molecule has 7 heteroatoms. The molecule has 0 unspecified atom stereocenters. The summed E-state index contributed by atoms with van der Waals surface area (Å²) in [6.07, 6.45) is 5.56. The topological polar surface area (TPSA) is 50.3 Å². The van der Waals surface area contributed by atoms with Gasteiger partial charge >= 0.3 is 0 Å². The number of aromatic nitrogens is 2. The summed E-state index contributed by atoms with van der Waals surface area (Å²) in [5.74, 6) is 0.0458. The van der Waals surface area contributed by atoms with E-state index in [1.807, 2.05) is 11.3 Å². The first kappa shape index (κ1) is 15.9. The fourth-order valence-corrected chi connectivity index (χ4v) is 4.49. The Morgan fingerprint density at radius 1 is 1.42 bits per heavy atom. The standard InChI is InChI=1S/C17H21FN4OS/c18-13-8-19-16(20-9-13)21-14-7-17(23-11-14)4-2-5-22(12-17)10-15-3-1-6-24-15/h1,3,6,8-9,14H,2,4-5,7,10-12H2,(H,19,20,21)/t14-,17+/m0/s1. The molecule has 128 valence electrons. The van der Waals surface area contributed by atoms with Gasteiger partial charge in [0.1, 0.15) is 0 Å². The summed E-state index contributed by atoms with van der Waals surface area (Å²) in [5.41, 5.74) is -0.0762. The lowest BCUT2D eigenvalue weighted by atomic mass is 9.88. The zero-order chi connectivity index (χ0) is 16.4. The summed E-state index contributed by atoms with van der Waals surface area (Å²) in [6.45, 7) is 3.74. The van der Waals surface area contributed by atoms with Crippen LogP contribution >= 0.6 is 11.3 Å². The minimum atomic E-state index is -0.420. The van der Waals surface area contributed by atoms with Crippen LogP contribution in [-0.2, 0) is 11.3 Å². The van der Waals surface area contributed by atoms with Crippen molar-refractivity contribution in [3.63, 3.8) is 0 Å². The molecule has 2 aliphatic heterocycles. The second-order valence-electron chi connectivity index (χ2n) is 6.66. The van der Waals surface area contributed by atoms with Gasteiger partial charge in [-0.15, -0.1) is 11.3 Å². The molecular weight excluding hydrogens is 327 g/mol. The monoisotopic (exact) mass is 348 g/mol. The van der Waals surface area contributed by atoms with Crippen molar-refractivity contribution in [1.29, 1.82) is 0 Å². The van der Waals surface area contributed by atoms with Gasteiger partial charge in [-0.1, -0.05) is 6.07 Å². The SMILES string of the molecule is Fc1cnc(N[C@@H]2CO[C@]3(CCCN(Cc4cccs4)C3)C2)nc1. The molecular formula is C17H21FN4OS. The van der Waals surface area contributed by atoms with E-state index in [9.17, 15) is 4.39 Å². The summed E-state index contributed by atoms with van der Waals surface area (Å²) < 4.78 is 19.1. The van der Waals surface area contributed by atoms with E-state index in [4.69, 9.17) is 4.74 Å². The number of likely N-dealkylation sites (tertiary alicyclic amines) is 1. The van der Waals surface area contributed by atoms with Gasteiger partial charge in [0, 0.05) is 24.4 Å². The van der Waals surface area contributed by atoms with Gasteiger partial charge < -0.3 is 10.1 Å². The molecule has 0 saturated carbocycles. The molecule has 2 saturated heterocycles. The van der Waals surface area contributed by atoms with Crippen LogP contribution < -0.4 is 5.32 Å². The number of anilines is 1. The average molecular weight is 348 g/mol. The Hall–Kier alpha value is -1.57. The zero-order valence-corrected chi connectivity index (χ0v) is 14.3. The van der Waals surface area contributed by atoms with Crippen molar-refractivity contribution in [2.75, 3.05) is 25.0 Å². The lowest BCUT2D eigenvalue weighted by molar-refractivity contribution is -0.0531. The van der Waals surface area contributed by atoms with E-state index < -0.39 is 5.82 Å². The van der Waals surface area contributed by atoms with Crippen molar-refractivity contribution in [3.05, 3.63) is 40.6 Å². The van der Waals surface area contributed by atoms with Gasteiger partial charge in [-0.3, -0.25) is 4.90 Å². The molecule has 1 N–H and O–H groups in total. The Morgan fingerprint density at radius 2 is 2.29 bits per heavy atom. The minimum absolute atomic E-state index is 0.0762. The van der Waals surface area contributed by atoms with Crippen LogP contribution in [-0.4, -0.2) is 46.2 Å². The van der Waals surface area contributed by atoms with Crippen LogP contribution in [0.3, 0.4) is 0 Å². The molecule has 2 atom stereocenters. The molecule has 24 heavy (non-hydrogen) atoms. The highest BCUT2D eigenvalue weighted by Gasteiger charge is 2.43. The summed E-state index contributed by atoms with van der Waals surface area (Å²) in [5, 5.41) is 5.40. The van der Waals surface area contributed by atoms with Gasteiger partial charge in [-0.05, 0) is 30.8 Å². The molecule has 0 bridgehead atoms. The van der Waals surface area contributed by atoms with E-state index >= 15 is 0 Å². The Labute approximate surface area is 144 Å². The largest absolute Gasteiger partial charge is 0.371 e. The van der Waals surface area contributed by atoms with Gasteiger partial charge in [0.2, 0.25) is 5.95 Å². The highest BCUT2D eigenvalue weighted by atomic mass is 32.1. The van der Waals surface area contributed by atoms with Crippen molar-refractivity contribution in [1.82, 2.24) is 14.9 Å². The first-order valence-corrected chi connectivity index (χ1v) is 9.22. The minimum Gasteiger partial charge on any atom is -0.371 e. The maximum absolute atomic E-state index is 12.9. The maximum Gasteiger partial charge on any atom is 0.223 e. The summed E-state index contributed by atoms with van der Waals surface area (Å²) in [6, 6.07) is 4.48. The van der Waals surface area contributed by atoms with Gasteiger partial charge in [-0.25, -0.2) is 14.4 Å². The van der Waals surface area contributed by atoms with Crippen molar-refractivity contribution >= 4 is 17.3 Å². The van der Waals surface area contributed by atoms with Gasteiger partial charge in [0.15, 0.2) is 5.82 Å². The molecule has 2 fully saturated rings. The number of thiophene rings is 1. The number of rotatable bonds is 4. The second-order valence-corrected chi connectivity index (χ2v) is 7.69. The Kier molecular flexibility index (Phi) is 4.47. The molecule has 0 radical (unpaired) electrons. The second kappa shape index (κ2) is 6.74.